The molecule has 0 spiro atoms. The molecule has 0 aliphatic carbocycles. The Hall–Kier alpha value is -2.68. The van der Waals surface area contributed by atoms with Crippen molar-refractivity contribution in [2.75, 3.05) is 6.61 Å². The number of halogens is 2. The summed E-state index contributed by atoms with van der Waals surface area (Å²) < 4.78 is 32.6. The smallest absolute Gasteiger partial charge is 0.166 e. The van der Waals surface area contributed by atoms with E-state index in [0.717, 1.165) is 22.9 Å². The van der Waals surface area contributed by atoms with E-state index >= 15 is 0 Å². The molecule has 0 unspecified atom stereocenters. The van der Waals surface area contributed by atoms with Crippen molar-refractivity contribution < 1.29 is 13.5 Å². The van der Waals surface area contributed by atoms with E-state index < -0.39 is 11.6 Å². The van der Waals surface area contributed by atoms with Crippen LogP contribution in [0.2, 0.25) is 0 Å². The molecule has 3 rings (SSSR count). The highest BCUT2D eigenvalue weighted by Gasteiger charge is 2.09. The molecule has 0 fully saturated rings. The first-order chi connectivity index (χ1) is 11.2. The molecule has 1 nitrogen and oxygen atoms in total. The van der Waals surface area contributed by atoms with Gasteiger partial charge in [0, 0.05) is 5.56 Å². The number of ether oxygens (including phenoxy) is 1. The van der Waals surface area contributed by atoms with Gasteiger partial charge in [-0.25, -0.2) is 8.78 Å². The van der Waals surface area contributed by atoms with Gasteiger partial charge in [-0.1, -0.05) is 48.5 Å². The van der Waals surface area contributed by atoms with E-state index in [1.807, 2.05) is 43.3 Å². The van der Waals surface area contributed by atoms with E-state index in [1.165, 1.54) is 6.07 Å². The van der Waals surface area contributed by atoms with Gasteiger partial charge >= 0.3 is 0 Å². The van der Waals surface area contributed by atoms with Gasteiger partial charge in [0.15, 0.2) is 11.6 Å². The van der Waals surface area contributed by atoms with Crippen molar-refractivity contribution in [2.45, 2.75) is 6.92 Å². The second-order valence-electron chi connectivity index (χ2n) is 5.14. The fourth-order valence-corrected chi connectivity index (χ4v) is 2.48. The van der Waals surface area contributed by atoms with Crippen molar-refractivity contribution in [3.8, 4) is 28.0 Å². The average molecular weight is 310 g/mol. The first-order valence-electron chi connectivity index (χ1n) is 7.46. The Morgan fingerprint density at radius 2 is 1.30 bits per heavy atom. The molecule has 0 saturated carbocycles. The zero-order valence-corrected chi connectivity index (χ0v) is 12.7. The normalized spacial score (nSPS) is 10.6. The highest BCUT2D eigenvalue weighted by atomic mass is 19.2. The van der Waals surface area contributed by atoms with E-state index in [0.29, 0.717) is 12.2 Å². The summed E-state index contributed by atoms with van der Waals surface area (Å²) in [6.07, 6.45) is 0. The van der Waals surface area contributed by atoms with Gasteiger partial charge in [-0.15, -0.1) is 0 Å². The SMILES string of the molecule is CCOc1ccc(-c2ccc(-c3cccc(F)c3F)cc2)cc1. The summed E-state index contributed by atoms with van der Waals surface area (Å²) in [5.74, 6) is -0.825. The van der Waals surface area contributed by atoms with Crippen LogP contribution in [0, 0.1) is 11.6 Å². The molecule has 0 atom stereocenters. The molecule has 0 aliphatic rings. The summed E-state index contributed by atoms with van der Waals surface area (Å²) in [5.41, 5.74) is 2.97. The van der Waals surface area contributed by atoms with Gasteiger partial charge < -0.3 is 4.74 Å². The number of rotatable bonds is 4. The Morgan fingerprint density at radius 3 is 1.91 bits per heavy atom. The van der Waals surface area contributed by atoms with Crippen LogP contribution in [0.15, 0.2) is 66.7 Å². The maximum Gasteiger partial charge on any atom is 0.166 e. The lowest BCUT2D eigenvalue weighted by molar-refractivity contribution is 0.340. The summed E-state index contributed by atoms with van der Waals surface area (Å²) in [6.45, 7) is 2.57. The predicted molar refractivity (Wildman–Crippen MR) is 88.4 cm³/mol. The molecule has 0 aromatic heterocycles. The van der Waals surface area contributed by atoms with Crippen LogP contribution in [-0.4, -0.2) is 6.61 Å². The van der Waals surface area contributed by atoms with Crippen molar-refractivity contribution in [1.82, 2.24) is 0 Å². The van der Waals surface area contributed by atoms with Gasteiger partial charge in [-0.3, -0.25) is 0 Å². The topological polar surface area (TPSA) is 9.23 Å². The molecule has 0 heterocycles. The summed E-state index contributed by atoms with van der Waals surface area (Å²) in [7, 11) is 0. The van der Waals surface area contributed by atoms with Crippen LogP contribution in [0.1, 0.15) is 6.92 Å². The number of benzene rings is 3. The maximum absolute atomic E-state index is 13.8. The van der Waals surface area contributed by atoms with Crippen molar-refractivity contribution in [3.05, 3.63) is 78.4 Å². The Bertz CT molecular complexity index is 793. The van der Waals surface area contributed by atoms with Crippen molar-refractivity contribution in [3.63, 3.8) is 0 Å². The second-order valence-corrected chi connectivity index (χ2v) is 5.14. The third-order valence-electron chi connectivity index (χ3n) is 3.65. The van der Waals surface area contributed by atoms with Crippen LogP contribution in [-0.2, 0) is 0 Å². The predicted octanol–water partition coefficient (Wildman–Crippen LogP) is 5.70. The van der Waals surface area contributed by atoms with Crippen molar-refractivity contribution >= 4 is 0 Å². The van der Waals surface area contributed by atoms with Crippen LogP contribution in [0.5, 0.6) is 5.75 Å². The fourth-order valence-electron chi connectivity index (χ4n) is 2.48. The molecule has 0 radical (unpaired) electrons. The molecular formula is C20H16F2O. The van der Waals surface area contributed by atoms with Crippen LogP contribution in [0.25, 0.3) is 22.3 Å². The van der Waals surface area contributed by atoms with Gasteiger partial charge in [0.05, 0.1) is 6.61 Å². The number of hydrogen-bond acceptors (Lipinski definition) is 1. The van der Waals surface area contributed by atoms with Gasteiger partial charge in [-0.05, 0) is 41.8 Å². The minimum atomic E-state index is -0.835. The molecule has 0 N–H and O–H groups in total. The summed E-state index contributed by atoms with van der Waals surface area (Å²) in [4.78, 5) is 0. The number of hydrogen-bond donors (Lipinski definition) is 0. The first-order valence-corrected chi connectivity index (χ1v) is 7.46. The summed E-state index contributed by atoms with van der Waals surface area (Å²) in [6, 6.07) is 19.4. The highest BCUT2D eigenvalue weighted by Crippen LogP contribution is 2.28. The van der Waals surface area contributed by atoms with Crippen LogP contribution < -0.4 is 4.74 Å². The van der Waals surface area contributed by atoms with Crippen molar-refractivity contribution in [2.24, 2.45) is 0 Å². The quantitative estimate of drug-likeness (QED) is 0.601. The Labute approximate surface area is 134 Å². The maximum atomic E-state index is 13.8. The molecule has 3 heteroatoms. The lowest BCUT2D eigenvalue weighted by atomic mass is 10.00. The largest absolute Gasteiger partial charge is 0.494 e. The lowest BCUT2D eigenvalue weighted by Gasteiger charge is -2.08. The molecular weight excluding hydrogens is 294 g/mol. The summed E-state index contributed by atoms with van der Waals surface area (Å²) >= 11 is 0. The van der Waals surface area contributed by atoms with Crippen molar-refractivity contribution in [1.29, 1.82) is 0 Å². The second kappa shape index (κ2) is 6.61. The van der Waals surface area contributed by atoms with Crippen LogP contribution in [0.4, 0.5) is 8.78 Å². The van der Waals surface area contributed by atoms with Gasteiger partial charge in [0.25, 0.3) is 0 Å². The highest BCUT2D eigenvalue weighted by molar-refractivity contribution is 5.71. The molecule has 3 aromatic carbocycles. The molecule has 116 valence electrons. The van der Waals surface area contributed by atoms with Gasteiger partial charge in [-0.2, -0.15) is 0 Å². The molecule has 0 aliphatic heterocycles. The third-order valence-corrected chi connectivity index (χ3v) is 3.65. The van der Waals surface area contributed by atoms with Crippen LogP contribution >= 0.6 is 0 Å². The van der Waals surface area contributed by atoms with E-state index in [2.05, 4.69) is 0 Å². The molecule has 23 heavy (non-hydrogen) atoms. The monoisotopic (exact) mass is 310 g/mol. The zero-order valence-electron chi connectivity index (χ0n) is 12.7. The first kappa shape index (κ1) is 15.2. The Balaban J connectivity index is 1.88. The molecule has 0 amide bonds. The Kier molecular flexibility index (Phi) is 4.38. The standard InChI is InChI=1S/C20H16F2O/c1-2-23-17-12-10-15(11-13-17)14-6-8-16(9-7-14)18-4-3-5-19(21)20(18)22/h3-13H,2H2,1H3. The zero-order chi connectivity index (χ0) is 16.2. The molecule has 3 aromatic rings. The molecule has 0 bridgehead atoms. The van der Waals surface area contributed by atoms with E-state index in [-0.39, 0.29) is 5.56 Å². The minimum Gasteiger partial charge on any atom is -0.494 e. The minimum absolute atomic E-state index is 0.267. The molecule has 0 saturated heterocycles. The van der Waals surface area contributed by atoms with Gasteiger partial charge in [0.1, 0.15) is 5.75 Å². The fraction of sp³-hybridized carbons (Fsp3) is 0.100. The Morgan fingerprint density at radius 1 is 0.739 bits per heavy atom. The summed E-state index contributed by atoms with van der Waals surface area (Å²) in [5, 5.41) is 0. The third kappa shape index (κ3) is 3.24. The lowest BCUT2D eigenvalue weighted by Crippen LogP contribution is -1.91. The van der Waals surface area contributed by atoms with E-state index in [9.17, 15) is 8.78 Å². The van der Waals surface area contributed by atoms with E-state index in [4.69, 9.17) is 4.74 Å². The van der Waals surface area contributed by atoms with Gasteiger partial charge in [0.2, 0.25) is 0 Å². The van der Waals surface area contributed by atoms with Crippen LogP contribution in [0.3, 0.4) is 0 Å². The van der Waals surface area contributed by atoms with E-state index in [1.54, 1.807) is 18.2 Å². The average Bonchev–Trinajstić information content (AvgIpc) is 2.59.